The van der Waals surface area contributed by atoms with E-state index in [1.165, 1.54) is 30.4 Å². The van der Waals surface area contributed by atoms with Gasteiger partial charge in [0, 0.05) is 12.1 Å². The first-order chi connectivity index (χ1) is 14.0. The first-order valence-electron chi connectivity index (χ1n) is 8.38. The van der Waals surface area contributed by atoms with Gasteiger partial charge in [-0.2, -0.15) is 0 Å². The van der Waals surface area contributed by atoms with Gasteiger partial charge in [-0.15, -0.1) is 0 Å². The predicted octanol–water partition coefficient (Wildman–Crippen LogP) is 5.26. The average molecular weight is 409 g/mol. The summed E-state index contributed by atoms with van der Waals surface area (Å²) >= 11 is 1.16. The monoisotopic (exact) mass is 409 g/mol. The number of hydrogen-bond acceptors (Lipinski definition) is 6. The number of benzene rings is 2. The van der Waals surface area contributed by atoms with Crippen LogP contribution in [0.5, 0.6) is 0 Å². The molecule has 9 heteroatoms. The van der Waals surface area contributed by atoms with Gasteiger partial charge in [0.25, 0.3) is 5.69 Å². The zero-order valence-corrected chi connectivity index (χ0v) is 15.5. The lowest BCUT2D eigenvalue weighted by Crippen LogP contribution is -2.07. The van der Waals surface area contributed by atoms with Crippen molar-refractivity contribution in [1.82, 2.24) is 4.98 Å². The molecule has 0 saturated heterocycles. The highest BCUT2D eigenvalue weighted by Gasteiger charge is 2.16. The van der Waals surface area contributed by atoms with E-state index in [9.17, 15) is 19.3 Å². The van der Waals surface area contributed by atoms with Gasteiger partial charge in [0.05, 0.1) is 20.7 Å². The first kappa shape index (κ1) is 18.5. The minimum atomic E-state index is -0.481. The van der Waals surface area contributed by atoms with Gasteiger partial charge < -0.3 is 4.42 Å². The van der Waals surface area contributed by atoms with E-state index in [1.807, 2.05) is 0 Å². The van der Waals surface area contributed by atoms with Gasteiger partial charge >= 0.3 is 0 Å². The van der Waals surface area contributed by atoms with Crippen molar-refractivity contribution in [2.75, 3.05) is 5.32 Å². The smallest absolute Gasteiger partial charge is 0.280 e. The summed E-state index contributed by atoms with van der Waals surface area (Å²) in [6.07, 6.45) is 2.70. The van der Waals surface area contributed by atoms with Crippen LogP contribution in [0.1, 0.15) is 5.76 Å². The van der Waals surface area contributed by atoms with Gasteiger partial charge in [-0.1, -0.05) is 23.5 Å². The lowest BCUT2D eigenvalue weighted by Gasteiger charge is -1.98. The van der Waals surface area contributed by atoms with Crippen molar-refractivity contribution in [3.05, 3.63) is 82.4 Å². The third-order valence-electron chi connectivity index (χ3n) is 3.97. The molecule has 0 atom stereocenters. The van der Waals surface area contributed by atoms with E-state index in [4.69, 9.17) is 4.42 Å². The number of furan rings is 1. The number of nitrogens with one attached hydrogen (secondary N) is 1. The standard InChI is InChI=1S/C20H12FN3O4S/c21-12-5-8-15-18(11-12)29-20(22-15)23-19(25)10-7-13-6-9-17(28-13)14-3-1-2-4-16(14)24(26)27/h1-11H,(H,22,23,25)/b10-7+. The Labute approximate surface area is 167 Å². The second-order valence-corrected chi connectivity index (χ2v) is 6.96. The molecule has 0 radical (unpaired) electrons. The Morgan fingerprint density at radius 1 is 1.21 bits per heavy atom. The number of fused-ring (bicyclic) bond motifs is 1. The van der Waals surface area contributed by atoms with Crippen molar-refractivity contribution in [3.8, 4) is 11.3 Å². The van der Waals surface area contributed by atoms with Crippen molar-refractivity contribution in [1.29, 1.82) is 0 Å². The number of aromatic nitrogens is 1. The van der Waals surface area contributed by atoms with Crippen molar-refractivity contribution in [2.45, 2.75) is 0 Å². The molecule has 29 heavy (non-hydrogen) atoms. The number of halogens is 1. The molecule has 144 valence electrons. The van der Waals surface area contributed by atoms with Crippen LogP contribution in [-0.4, -0.2) is 15.8 Å². The summed E-state index contributed by atoms with van der Waals surface area (Å²) in [6.45, 7) is 0. The number of amides is 1. The largest absolute Gasteiger partial charge is 0.456 e. The number of para-hydroxylation sites is 1. The SMILES string of the molecule is O=C(/C=C/c1ccc(-c2ccccc2[N+](=O)[O-])o1)Nc1nc2ccc(F)cc2s1. The Bertz CT molecular complexity index is 1260. The Morgan fingerprint density at radius 3 is 2.86 bits per heavy atom. The third-order valence-corrected chi connectivity index (χ3v) is 4.91. The Balaban J connectivity index is 1.48. The van der Waals surface area contributed by atoms with Crippen LogP contribution >= 0.6 is 11.3 Å². The van der Waals surface area contributed by atoms with Crippen LogP contribution < -0.4 is 5.32 Å². The van der Waals surface area contributed by atoms with Crippen LogP contribution in [0.3, 0.4) is 0 Å². The Kier molecular flexibility index (Phi) is 4.88. The highest BCUT2D eigenvalue weighted by molar-refractivity contribution is 7.22. The molecule has 2 heterocycles. The van der Waals surface area contributed by atoms with Crippen LogP contribution in [0.2, 0.25) is 0 Å². The number of carbonyl (C=O) groups excluding carboxylic acids is 1. The van der Waals surface area contributed by atoms with E-state index in [0.717, 1.165) is 11.3 Å². The average Bonchev–Trinajstić information content (AvgIpc) is 3.32. The topological polar surface area (TPSA) is 98.3 Å². The van der Waals surface area contributed by atoms with E-state index in [-0.39, 0.29) is 11.5 Å². The molecule has 1 N–H and O–H groups in total. The van der Waals surface area contributed by atoms with E-state index in [0.29, 0.717) is 32.4 Å². The molecule has 0 spiro atoms. The molecule has 0 bridgehead atoms. The molecule has 0 saturated carbocycles. The van der Waals surface area contributed by atoms with Crippen molar-refractivity contribution in [3.63, 3.8) is 0 Å². The molecule has 1 amide bonds. The molecular weight excluding hydrogens is 397 g/mol. The molecule has 4 aromatic rings. The van der Waals surface area contributed by atoms with Crippen LogP contribution in [0.15, 0.2) is 65.1 Å². The highest BCUT2D eigenvalue weighted by atomic mass is 32.1. The summed E-state index contributed by atoms with van der Waals surface area (Å²) in [7, 11) is 0. The summed E-state index contributed by atoms with van der Waals surface area (Å²) in [5.41, 5.74) is 0.876. The van der Waals surface area contributed by atoms with Crippen molar-refractivity contribution in [2.24, 2.45) is 0 Å². The fourth-order valence-electron chi connectivity index (χ4n) is 2.69. The number of rotatable bonds is 5. The van der Waals surface area contributed by atoms with Gasteiger partial charge in [-0.05, 0) is 42.5 Å². The maximum absolute atomic E-state index is 13.2. The maximum atomic E-state index is 13.2. The Morgan fingerprint density at radius 2 is 2.03 bits per heavy atom. The number of nitro groups is 1. The van der Waals surface area contributed by atoms with E-state index < -0.39 is 10.8 Å². The third kappa shape index (κ3) is 4.04. The molecule has 2 aromatic carbocycles. The zero-order valence-electron chi connectivity index (χ0n) is 14.7. The number of nitro benzene ring substituents is 1. The predicted molar refractivity (Wildman–Crippen MR) is 108 cm³/mol. The van der Waals surface area contributed by atoms with Crippen LogP contribution in [0.4, 0.5) is 15.2 Å². The van der Waals surface area contributed by atoms with Gasteiger partial charge in [0.2, 0.25) is 5.91 Å². The summed E-state index contributed by atoms with van der Waals surface area (Å²) in [4.78, 5) is 27.0. The second-order valence-electron chi connectivity index (χ2n) is 5.93. The second kappa shape index (κ2) is 7.64. The molecule has 4 rings (SSSR count). The summed E-state index contributed by atoms with van der Waals surface area (Å²) in [5, 5.41) is 14.1. The molecule has 0 aliphatic rings. The fraction of sp³-hybridized carbons (Fsp3) is 0. The minimum absolute atomic E-state index is 0.0672. The van der Waals surface area contributed by atoms with Crippen LogP contribution in [0, 0.1) is 15.9 Å². The zero-order chi connectivity index (χ0) is 20.4. The van der Waals surface area contributed by atoms with Gasteiger partial charge in [-0.25, -0.2) is 9.37 Å². The fourth-order valence-corrected chi connectivity index (χ4v) is 3.58. The molecule has 0 unspecified atom stereocenters. The molecule has 7 nitrogen and oxygen atoms in total. The summed E-state index contributed by atoms with van der Waals surface area (Å²) in [6, 6.07) is 13.6. The van der Waals surface area contributed by atoms with Crippen LogP contribution in [0.25, 0.3) is 27.6 Å². The number of thiazole rings is 1. The summed E-state index contributed by atoms with van der Waals surface area (Å²) < 4.78 is 19.5. The molecular formula is C20H12FN3O4S. The molecule has 0 fully saturated rings. The number of nitrogens with zero attached hydrogens (tertiary/aromatic N) is 2. The van der Waals surface area contributed by atoms with E-state index in [2.05, 4.69) is 10.3 Å². The van der Waals surface area contributed by atoms with Crippen LogP contribution in [-0.2, 0) is 4.79 Å². The number of hydrogen-bond donors (Lipinski definition) is 1. The Hall–Kier alpha value is -3.85. The first-order valence-corrected chi connectivity index (χ1v) is 9.20. The molecule has 2 aromatic heterocycles. The maximum Gasteiger partial charge on any atom is 0.280 e. The highest BCUT2D eigenvalue weighted by Crippen LogP contribution is 2.31. The van der Waals surface area contributed by atoms with E-state index in [1.54, 1.807) is 36.4 Å². The van der Waals surface area contributed by atoms with Gasteiger partial charge in [0.1, 0.15) is 17.3 Å². The van der Waals surface area contributed by atoms with Gasteiger partial charge in [-0.3, -0.25) is 20.2 Å². The minimum Gasteiger partial charge on any atom is -0.456 e. The number of anilines is 1. The van der Waals surface area contributed by atoms with Crippen molar-refractivity contribution >= 4 is 44.4 Å². The molecule has 0 aliphatic carbocycles. The normalized spacial score (nSPS) is 11.2. The van der Waals surface area contributed by atoms with Gasteiger partial charge in [0.15, 0.2) is 5.13 Å². The number of carbonyl (C=O) groups is 1. The summed E-state index contributed by atoms with van der Waals surface area (Å²) in [5.74, 6) is -0.121. The van der Waals surface area contributed by atoms with E-state index >= 15 is 0 Å². The van der Waals surface area contributed by atoms with Crippen molar-refractivity contribution < 1.29 is 18.5 Å². The lowest BCUT2D eigenvalue weighted by molar-refractivity contribution is -0.384. The molecule has 0 aliphatic heterocycles. The lowest BCUT2D eigenvalue weighted by atomic mass is 10.1. The quantitative estimate of drug-likeness (QED) is 0.276.